The van der Waals surface area contributed by atoms with Gasteiger partial charge in [0.15, 0.2) is 5.43 Å². The minimum atomic E-state index is -1.31. The number of nitrogens with one attached hydrogen (secondary N) is 1. The Bertz CT molecular complexity index is 749. The van der Waals surface area contributed by atoms with E-state index in [1.165, 1.54) is 10.8 Å². The smallest absolute Gasteiger partial charge is 0.341 e. The number of hydrogen-bond donors (Lipinski definition) is 2. The van der Waals surface area contributed by atoms with Gasteiger partial charge in [0, 0.05) is 24.1 Å². The average molecular weight is 286 g/mol. The van der Waals surface area contributed by atoms with Crippen molar-refractivity contribution in [2.75, 3.05) is 5.32 Å². The Morgan fingerprint density at radius 1 is 1.29 bits per heavy atom. The Morgan fingerprint density at radius 3 is 2.71 bits per heavy atom. The Labute approximate surface area is 120 Å². The van der Waals surface area contributed by atoms with E-state index in [2.05, 4.69) is 5.32 Å². The molecule has 1 heterocycles. The molecule has 0 radical (unpaired) electrons. The van der Waals surface area contributed by atoms with Crippen molar-refractivity contribution in [3.8, 4) is 0 Å². The minimum Gasteiger partial charge on any atom is -0.477 e. The van der Waals surface area contributed by atoms with E-state index in [0.717, 1.165) is 17.8 Å². The third-order valence-corrected chi connectivity index (χ3v) is 2.84. The highest BCUT2D eigenvalue weighted by molar-refractivity contribution is 5.91. The standard InChI is InChI=1S/C15H14N2O4/c1-10-3-2-4-11(7-10)16-14(19)9-17-6-5-13(18)12(8-17)15(20)21/h2-8H,9H2,1H3,(H,16,19)(H,20,21). The molecule has 2 aromatic rings. The van der Waals surface area contributed by atoms with Gasteiger partial charge in [-0.3, -0.25) is 9.59 Å². The highest BCUT2D eigenvalue weighted by Crippen LogP contribution is 2.09. The zero-order chi connectivity index (χ0) is 15.4. The molecule has 0 spiro atoms. The molecule has 0 aliphatic rings. The molecule has 0 aliphatic heterocycles. The summed E-state index contributed by atoms with van der Waals surface area (Å²) in [5, 5.41) is 11.6. The van der Waals surface area contributed by atoms with Crippen molar-refractivity contribution < 1.29 is 14.7 Å². The zero-order valence-electron chi connectivity index (χ0n) is 11.4. The number of carboxylic acids is 1. The number of anilines is 1. The minimum absolute atomic E-state index is 0.0749. The molecule has 6 heteroatoms. The van der Waals surface area contributed by atoms with Gasteiger partial charge >= 0.3 is 5.97 Å². The molecule has 21 heavy (non-hydrogen) atoms. The van der Waals surface area contributed by atoms with Crippen LogP contribution in [0.4, 0.5) is 5.69 Å². The fraction of sp³-hybridized carbons (Fsp3) is 0.133. The molecule has 0 saturated heterocycles. The Balaban J connectivity index is 2.11. The predicted molar refractivity (Wildman–Crippen MR) is 77.5 cm³/mol. The number of benzene rings is 1. The van der Waals surface area contributed by atoms with E-state index < -0.39 is 11.4 Å². The number of aryl methyl sites for hydroxylation is 1. The maximum absolute atomic E-state index is 11.9. The average Bonchev–Trinajstić information content (AvgIpc) is 2.40. The summed E-state index contributed by atoms with van der Waals surface area (Å²) in [5.74, 6) is -1.62. The summed E-state index contributed by atoms with van der Waals surface area (Å²) in [6.07, 6.45) is 2.53. The Hall–Kier alpha value is -2.89. The largest absolute Gasteiger partial charge is 0.477 e. The van der Waals surface area contributed by atoms with Crippen molar-refractivity contribution in [3.05, 3.63) is 64.1 Å². The van der Waals surface area contributed by atoms with Crippen molar-refractivity contribution in [1.82, 2.24) is 4.57 Å². The van der Waals surface area contributed by atoms with Crippen LogP contribution in [0.5, 0.6) is 0 Å². The van der Waals surface area contributed by atoms with Gasteiger partial charge in [0.05, 0.1) is 0 Å². The lowest BCUT2D eigenvalue weighted by Gasteiger charge is -2.09. The maximum atomic E-state index is 11.9. The molecule has 0 aliphatic carbocycles. The summed E-state index contributed by atoms with van der Waals surface area (Å²) in [6, 6.07) is 8.46. The summed E-state index contributed by atoms with van der Waals surface area (Å²) < 4.78 is 1.36. The lowest BCUT2D eigenvalue weighted by Crippen LogP contribution is -2.22. The van der Waals surface area contributed by atoms with Crippen molar-refractivity contribution >= 4 is 17.6 Å². The van der Waals surface area contributed by atoms with Crippen LogP contribution in [0.3, 0.4) is 0 Å². The van der Waals surface area contributed by atoms with Gasteiger partial charge in [-0.25, -0.2) is 4.79 Å². The predicted octanol–water partition coefficient (Wildman–Crippen LogP) is 1.49. The van der Waals surface area contributed by atoms with E-state index in [1.54, 1.807) is 6.07 Å². The van der Waals surface area contributed by atoms with Crippen LogP contribution < -0.4 is 10.7 Å². The molecule has 108 valence electrons. The molecule has 0 fully saturated rings. The summed E-state index contributed by atoms with van der Waals surface area (Å²) >= 11 is 0. The van der Waals surface area contributed by atoms with Crippen LogP contribution in [0.25, 0.3) is 0 Å². The van der Waals surface area contributed by atoms with Gasteiger partial charge in [-0.15, -0.1) is 0 Å². The van der Waals surface area contributed by atoms with Crippen LogP contribution in [-0.4, -0.2) is 21.6 Å². The van der Waals surface area contributed by atoms with E-state index in [-0.39, 0.29) is 18.0 Å². The number of aromatic nitrogens is 1. The van der Waals surface area contributed by atoms with Gasteiger partial charge in [0.25, 0.3) is 0 Å². The van der Waals surface area contributed by atoms with Crippen LogP contribution in [0.15, 0.2) is 47.5 Å². The lowest BCUT2D eigenvalue weighted by molar-refractivity contribution is -0.116. The van der Waals surface area contributed by atoms with Crippen molar-refractivity contribution in [1.29, 1.82) is 0 Å². The van der Waals surface area contributed by atoms with Crippen molar-refractivity contribution in [3.63, 3.8) is 0 Å². The number of carboxylic acid groups (broad SMARTS) is 1. The number of hydrogen-bond acceptors (Lipinski definition) is 3. The monoisotopic (exact) mass is 286 g/mol. The third-order valence-electron chi connectivity index (χ3n) is 2.84. The first kappa shape index (κ1) is 14.5. The fourth-order valence-corrected chi connectivity index (χ4v) is 1.87. The first-order chi connectivity index (χ1) is 9.95. The van der Waals surface area contributed by atoms with E-state index in [1.807, 2.05) is 25.1 Å². The summed E-state index contributed by atoms with van der Waals surface area (Å²) in [7, 11) is 0. The van der Waals surface area contributed by atoms with Gasteiger partial charge in [0.2, 0.25) is 5.91 Å². The number of pyridine rings is 1. The van der Waals surface area contributed by atoms with E-state index >= 15 is 0 Å². The van der Waals surface area contributed by atoms with Crippen LogP contribution in [0.1, 0.15) is 15.9 Å². The number of rotatable bonds is 4. The number of nitrogens with zero attached hydrogens (tertiary/aromatic N) is 1. The summed E-state index contributed by atoms with van der Waals surface area (Å²) in [4.78, 5) is 34.1. The third kappa shape index (κ3) is 3.79. The molecule has 1 aromatic carbocycles. The first-order valence-electron chi connectivity index (χ1n) is 6.25. The van der Waals surface area contributed by atoms with Crippen LogP contribution in [-0.2, 0) is 11.3 Å². The molecular formula is C15H14N2O4. The molecular weight excluding hydrogens is 272 g/mol. The second-order valence-electron chi connectivity index (χ2n) is 4.62. The molecule has 0 unspecified atom stereocenters. The maximum Gasteiger partial charge on any atom is 0.341 e. The SMILES string of the molecule is Cc1cccc(NC(=O)Cn2ccc(=O)c(C(=O)O)c2)c1. The zero-order valence-corrected chi connectivity index (χ0v) is 11.4. The molecule has 1 amide bonds. The molecule has 2 rings (SSSR count). The Morgan fingerprint density at radius 2 is 2.05 bits per heavy atom. The van der Waals surface area contributed by atoms with Crippen molar-refractivity contribution in [2.45, 2.75) is 13.5 Å². The van der Waals surface area contributed by atoms with E-state index in [9.17, 15) is 14.4 Å². The summed E-state index contributed by atoms with van der Waals surface area (Å²) in [6.45, 7) is 1.84. The van der Waals surface area contributed by atoms with Gasteiger partial charge in [-0.2, -0.15) is 0 Å². The Kier molecular flexibility index (Phi) is 4.18. The molecule has 0 atom stereocenters. The quantitative estimate of drug-likeness (QED) is 0.891. The van der Waals surface area contributed by atoms with Crippen LogP contribution in [0, 0.1) is 6.92 Å². The highest BCUT2D eigenvalue weighted by Gasteiger charge is 2.10. The van der Waals surface area contributed by atoms with E-state index in [0.29, 0.717) is 5.69 Å². The number of carbonyl (C=O) groups excluding carboxylic acids is 1. The number of carbonyl (C=O) groups is 2. The van der Waals surface area contributed by atoms with Gasteiger partial charge < -0.3 is 15.0 Å². The molecule has 6 nitrogen and oxygen atoms in total. The first-order valence-corrected chi connectivity index (χ1v) is 6.25. The number of amides is 1. The second-order valence-corrected chi connectivity index (χ2v) is 4.62. The molecule has 2 N–H and O–H groups in total. The van der Waals surface area contributed by atoms with Crippen molar-refractivity contribution in [2.24, 2.45) is 0 Å². The van der Waals surface area contributed by atoms with Crippen LogP contribution in [0.2, 0.25) is 0 Å². The van der Waals surface area contributed by atoms with E-state index in [4.69, 9.17) is 5.11 Å². The molecule has 0 bridgehead atoms. The topological polar surface area (TPSA) is 88.4 Å². The van der Waals surface area contributed by atoms with Gasteiger partial charge in [-0.1, -0.05) is 12.1 Å². The van der Waals surface area contributed by atoms with Gasteiger partial charge in [-0.05, 0) is 24.6 Å². The molecule has 1 aromatic heterocycles. The van der Waals surface area contributed by atoms with Gasteiger partial charge in [0.1, 0.15) is 12.1 Å². The normalized spacial score (nSPS) is 10.1. The lowest BCUT2D eigenvalue weighted by atomic mass is 10.2. The fourth-order valence-electron chi connectivity index (χ4n) is 1.87. The number of aromatic carboxylic acids is 1. The second kappa shape index (κ2) is 6.04. The molecule has 0 saturated carbocycles. The van der Waals surface area contributed by atoms with Crippen LogP contribution >= 0.6 is 0 Å². The summed E-state index contributed by atoms with van der Waals surface area (Å²) in [5.41, 5.74) is 0.738. The highest BCUT2D eigenvalue weighted by atomic mass is 16.4.